The first kappa shape index (κ1) is 18.4. The number of halogens is 2. The molecule has 0 aliphatic carbocycles. The first-order chi connectivity index (χ1) is 13.6. The van der Waals surface area contributed by atoms with Crippen molar-refractivity contribution < 1.29 is 27.8 Å². The maximum absolute atomic E-state index is 12.9. The van der Waals surface area contributed by atoms with Crippen LogP contribution in [-0.2, 0) is 6.61 Å². The molecular weight excluding hydrogens is 433 g/mol. The van der Waals surface area contributed by atoms with E-state index < -0.39 is 5.91 Å². The molecule has 0 radical (unpaired) electrons. The van der Waals surface area contributed by atoms with Gasteiger partial charge >= 0.3 is 0 Å². The van der Waals surface area contributed by atoms with E-state index in [-0.39, 0.29) is 18.2 Å². The van der Waals surface area contributed by atoms with Gasteiger partial charge in [0.25, 0.3) is 5.91 Å². The third-order valence-electron chi connectivity index (χ3n) is 3.96. The van der Waals surface area contributed by atoms with Gasteiger partial charge in [-0.25, -0.2) is 4.39 Å². The van der Waals surface area contributed by atoms with Crippen LogP contribution in [0.4, 0.5) is 10.1 Å². The third kappa shape index (κ3) is 4.12. The molecule has 28 heavy (non-hydrogen) atoms. The number of fused-ring (bicyclic) bond motifs is 1. The van der Waals surface area contributed by atoms with Crippen LogP contribution in [0.5, 0.6) is 17.2 Å². The van der Waals surface area contributed by atoms with Crippen LogP contribution >= 0.6 is 15.9 Å². The molecule has 0 saturated carbocycles. The predicted octanol–water partition coefficient (Wildman–Crippen LogP) is 4.78. The molecule has 144 valence electrons. The lowest BCUT2D eigenvalue weighted by Gasteiger charge is -2.20. The van der Waals surface area contributed by atoms with Gasteiger partial charge in [0.2, 0.25) is 0 Å². The molecule has 2 heterocycles. The van der Waals surface area contributed by atoms with E-state index in [9.17, 15) is 9.18 Å². The van der Waals surface area contributed by atoms with Crippen molar-refractivity contribution in [2.24, 2.45) is 0 Å². The topological polar surface area (TPSA) is 69.9 Å². The number of carbonyl (C=O) groups excluding carboxylic acids is 1. The van der Waals surface area contributed by atoms with Crippen molar-refractivity contribution in [3.63, 3.8) is 0 Å². The zero-order valence-electron chi connectivity index (χ0n) is 14.5. The Bertz CT molecular complexity index is 1000. The zero-order valence-corrected chi connectivity index (χ0v) is 16.1. The Morgan fingerprint density at radius 3 is 2.54 bits per heavy atom. The molecule has 0 fully saturated rings. The van der Waals surface area contributed by atoms with Crippen molar-refractivity contribution in [1.29, 1.82) is 0 Å². The molecule has 1 aromatic heterocycles. The number of amides is 1. The van der Waals surface area contributed by atoms with E-state index in [1.807, 2.05) is 0 Å². The molecule has 3 aromatic rings. The van der Waals surface area contributed by atoms with Crippen LogP contribution in [0.2, 0.25) is 0 Å². The minimum absolute atomic E-state index is 0.118. The van der Waals surface area contributed by atoms with Gasteiger partial charge in [0.1, 0.15) is 37.1 Å². The van der Waals surface area contributed by atoms with Crippen molar-refractivity contribution in [1.82, 2.24) is 0 Å². The average Bonchev–Trinajstić information content (AvgIpc) is 3.17. The molecule has 0 bridgehead atoms. The fraction of sp³-hybridized carbons (Fsp3) is 0.150. The van der Waals surface area contributed by atoms with Crippen LogP contribution < -0.4 is 19.5 Å². The normalized spacial score (nSPS) is 12.5. The molecule has 6 nitrogen and oxygen atoms in total. The summed E-state index contributed by atoms with van der Waals surface area (Å²) < 4.78 is 35.6. The first-order valence-corrected chi connectivity index (χ1v) is 9.25. The minimum atomic E-state index is -0.412. The van der Waals surface area contributed by atoms with Crippen LogP contribution in [0.25, 0.3) is 0 Å². The van der Waals surface area contributed by atoms with Gasteiger partial charge in [0.05, 0.1) is 5.69 Å². The van der Waals surface area contributed by atoms with Gasteiger partial charge in [-0.15, -0.1) is 0 Å². The molecule has 0 spiro atoms. The Balaban J connectivity index is 1.41. The summed E-state index contributed by atoms with van der Waals surface area (Å²) >= 11 is 3.41. The molecular formula is C20H15BrFNO5. The number of anilines is 1. The number of nitrogens with one attached hydrogen (secondary N) is 1. The number of benzene rings is 2. The second-order valence-electron chi connectivity index (χ2n) is 5.94. The Hall–Kier alpha value is -3.00. The van der Waals surface area contributed by atoms with E-state index in [1.54, 1.807) is 24.3 Å². The number of rotatable bonds is 5. The fourth-order valence-electron chi connectivity index (χ4n) is 2.61. The average molecular weight is 448 g/mol. The monoisotopic (exact) mass is 447 g/mol. The molecule has 1 aliphatic rings. The Morgan fingerprint density at radius 1 is 1.07 bits per heavy atom. The largest absolute Gasteiger partial charge is 0.486 e. The highest BCUT2D eigenvalue weighted by molar-refractivity contribution is 9.10. The first-order valence-electron chi connectivity index (χ1n) is 8.46. The summed E-state index contributed by atoms with van der Waals surface area (Å²) in [6.45, 7) is 1.06. The van der Waals surface area contributed by atoms with Gasteiger partial charge in [-0.05, 0) is 52.3 Å². The summed E-state index contributed by atoms with van der Waals surface area (Å²) in [4.78, 5) is 12.5. The van der Waals surface area contributed by atoms with Crippen molar-refractivity contribution in [2.45, 2.75) is 6.61 Å². The van der Waals surface area contributed by atoms with Crippen molar-refractivity contribution in [2.75, 3.05) is 18.5 Å². The lowest BCUT2D eigenvalue weighted by atomic mass is 10.2. The van der Waals surface area contributed by atoms with Gasteiger partial charge < -0.3 is 23.9 Å². The SMILES string of the molecule is O=C(Nc1cc2c(cc1Br)OCCO2)c1ccc(COc2ccc(F)cc2)o1. The second-order valence-corrected chi connectivity index (χ2v) is 6.79. The highest BCUT2D eigenvalue weighted by Crippen LogP contribution is 2.38. The Labute approximate surface area is 168 Å². The van der Waals surface area contributed by atoms with Crippen LogP contribution in [0.3, 0.4) is 0 Å². The van der Waals surface area contributed by atoms with E-state index in [2.05, 4.69) is 21.2 Å². The maximum atomic E-state index is 12.9. The summed E-state index contributed by atoms with van der Waals surface area (Å²) in [5.41, 5.74) is 0.537. The summed E-state index contributed by atoms with van der Waals surface area (Å²) in [5, 5.41) is 2.77. The fourth-order valence-corrected chi connectivity index (χ4v) is 3.03. The summed E-state index contributed by atoms with van der Waals surface area (Å²) in [6, 6.07) is 12.3. The maximum Gasteiger partial charge on any atom is 0.291 e. The van der Waals surface area contributed by atoms with Gasteiger partial charge in [0.15, 0.2) is 17.3 Å². The van der Waals surface area contributed by atoms with Crippen molar-refractivity contribution in [3.05, 3.63) is 70.3 Å². The smallest absolute Gasteiger partial charge is 0.291 e. The molecule has 0 atom stereocenters. The number of furan rings is 1. The molecule has 1 aliphatic heterocycles. The molecule has 4 rings (SSSR count). The van der Waals surface area contributed by atoms with Gasteiger partial charge in [-0.2, -0.15) is 0 Å². The molecule has 1 N–H and O–H groups in total. The van der Waals surface area contributed by atoms with Crippen LogP contribution in [0, 0.1) is 5.82 Å². The predicted molar refractivity (Wildman–Crippen MR) is 103 cm³/mol. The lowest BCUT2D eigenvalue weighted by molar-refractivity contribution is 0.0992. The molecule has 8 heteroatoms. The number of ether oxygens (including phenoxy) is 3. The molecule has 0 unspecified atom stereocenters. The van der Waals surface area contributed by atoms with E-state index in [0.717, 1.165) is 0 Å². The molecule has 2 aromatic carbocycles. The highest BCUT2D eigenvalue weighted by Gasteiger charge is 2.18. The zero-order chi connectivity index (χ0) is 19.5. The third-order valence-corrected chi connectivity index (χ3v) is 4.62. The Kier molecular flexibility index (Phi) is 5.21. The molecule has 1 amide bonds. The van der Waals surface area contributed by atoms with E-state index >= 15 is 0 Å². The summed E-state index contributed by atoms with van der Waals surface area (Å²) in [5.74, 6) is 1.55. The van der Waals surface area contributed by atoms with Crippen molar-refractivity contribution >= 4 is 27.5 Å². The Morgan fingerprint density at radius 2 is 1.79 bits per heavy atom. The quantitative estimate of drug-likeness (QED) is 0.609. The second kappa shape index (κ2) is 7.93. The van der Waals surface area contributed by atoms with Crippen LogP contribution in [0.1, 0.15) is 16.3 Å². The van der Waals surface area contributed by atoms with Crippen LogP contribution in [0.15, 0.2) is 57.4 Å². The van der Waals surface area contributed by atoms with Gasteiger partial charge in [-0.1, -0.05) is 0 Å². The molecule has 0 saturated heterocycles. The number of carbonyl (C=O) groups is 1. The highest BCUT2D eigenvalue weighted by atomic mass is 79.9. The summed E-state index contributed by atoms with van der Waals surface area (Å²) in [6.07, 6.45) is 0. The van der Waals surface area contributed by atoms with Gasteiger partial charge in [-0.3, -0.25) is 4.79 Å². The van der Waals surface area contributed by atoms with Gasteiger partial charge in [0, 0.05) is 16.6 Å². The number of hydrogen-bond donors (Lipinski definition) is 1. The standard InChI is InChI=1S/C20H15BrFNO5/c21-15-9-18-19(26-8-7-25-18)10-16(15)23-20(24)17-6-5-14(28-17)11-27-13-3-1-12(22)2-4-13/h1-6,9-10H,7-8,11H2,(H,23,24). The van der Waals surface area contributed by atoms with Crippen LogP contribution in [-0.4, -0.2) is 19.1 Å². The number of hydrogen-bond acceptors (Lipinski definition) is 5. The summed E-state index contributed by atoms with van der Waals surface area (Å²) in [7, 11) is 0. The van der Waals surface area contributed by atoms with E-state index in [0.29, 0.717) is 46.4 Å². The minimum Gasteiger partial charge on any atom is -0.486 e. The van der Waals surface area contributed by atoms with E-state index in [4.69, 9.17) is 18.6 Å². The lowest BCUT2D eigenvalue weighted by Crippen LogP contribution is -2.16. The van der Waals surface area contributed by atoms with E-state index in [1.165, 1.54) is 24.3 Å². The van der Waals surface area contributed by atoms with Crippen molar-refractivity contribution in [3.8, 4) is 17.2 Å².